The van der Waals surface area contributed by atoms with E-state index >= 15 is 0 Å². The molecule has 0 amide bonds. The highest BCUT2D eigenvalue weighted by molar-refractivity contribution is 5.59. The molecule has 20 heavy (non-hydrogen) atoms. The van der Waals surface area contributed by atoms with E-state index in [1.54, 1.807) is 12.1 Å². The van der Waals surface area contributed by atoms with Gasteiger partial charge in [-0.05, 0) is 45.2 Å². The third-order valence-corrected chi connectivity index (χ3v) is 4.03. The van der Waals surface area contributed by atoms with Gasteiger partial charge in [0.05, 0.1) is 4.92 Å². The van der Waals surface area contributed by atoms with Gasteiger partial charge in [-0.1, -0.05) is 0 Å². The molecule has 0 bridgehead atoms. The number of nitro groups is 1. The lowest BCUT2D eigenvalue weighted by Crippen LogP contribution is -2.39. The van der Waals surface area contributed by atoms with Crippen LogP contribution in [0.4, 0.5) is 11.5 Å². The van der Waals surface area contributed by atoms with Crippen molar-refractivity contribution in [1.29, 1.82) is 0 Å². The van der Waals surface area contributed by atoms with E-state index in [2.05, 4.69) is 15.2 Å². The van der Waals surface area contributed by atoms with Crippen molar-refractivity contribution in [2.24, 2.45) is 0 Å². The number of anilines is 1. The van der Waals surface area contributed by atoms with Gasteiger partial charge < -0.3 is 10.2 Å². The van der Waals surface area contributed by atoms with Crippen molar-refractivity contribution in [3.05, 3.63) is 27.9 Å². The van der Waals surface area contributed by atoms with Crippen LogP contribution < -0.4 is 10.2 Å². The second-order valence-electron chi connectivity index (χ2n) is 5.73. The van der Waals surface area contributed by atoms with Crippen LogP contribution in [0.25, 0.3) is 0 Å². The van der Waals surface area contributed by atoms with E-state index in [1.165, 1.54) is 6.42 Å². The standard InChI is InChI=1S/C14H20N4O2/c1-10-4-7-13(18(19)20)14(16-10)17(12-5-6-12)9-11-3-2-8-15-11/h4,7,11-12,15H,2-3,5-6,8-9H2,1H3. The Morgan fingerprint density at radius 1 is 1.45 bits per heavy atom. The van der Waals surface area contributed by atoms with Gasteiger partial charge in [0.2, 0.25) is 5.82 Å². The topological polar surface area (TPSA) is 71.3 Å². The molecule has 1 N–H and O–H groups in total. The highest BCUT2D eigenvalue weighted by Gasteiger charge is 2.35. The van der Waals surface area contributed by atoms with Crippen LogP contribution in [0, 0.1) is 17.0 Å². The SMILES string of the molecule is Cc1ccc([N+](=O)[O-])c(N(CC2CCCN2)C2CC2)n1. The third kappa shape index (κ3) is 2.75. The fourth-order valence-electron chi connectivity index (χ4n) is 2.83. The molecule has 6 nitrogen and oxygen atoms in total. The molecule has 1 aromatic heterocycles. The van der Waals surface area contributed by atoms with Gasteiger partial charge in [0.25, 0.3) is 0 Å². The van der Waals surface area contributed by atoms with Crippen molar-refractivity contribution in [3.63, 3.8) is 0 Å². The van der Waals surface area contributed by atoms with E-state index in [-0.39, 0.29) is 10.6 Å². The summed E-state index contributed by atoms with van der Waals surface area (Å²) in [6.07, 6.45) is 4.55. The van der Waals surface area contributed by atoms with Crippen molar-refractivity contribution >= 4 is 11.5 Å². The van der Waals surface area contributed by atoms with Gasteiger partial charge in [-0.25, -0.2) is 4.98 Å². The molecule has 2 fully saturated rings. The zero-order chi connectivity index (χ0) is 14.1. The Hall–Kier alpha value is -1.69. The zero-order valence-electron chi connectivity index (χ0n) is 11.7. The second-order valence-corrected chi connectivity index (χ2v) is 5.73. The smallest absolute Gasteiger partial charge is 0.311 e. The highest BCUT2D eigenvalue weighted by atomic mass is 16.6. The minimum Gasteiger partial charge on any atom is -0.346 e. The normalized spacial score (nSPS) is 21.9. The number of pyridine rings is 1. The summed E-state index contributed by atoms with van der Waals surface area (Å²) >= 11 is 0. The molecule has 1 atom stereocenters. The van der Waals surface area contributed by atoms with Gasteiger partial charge in [0.1, 0.15) is 0 Å². The van der Waals surface area contributed by atoms with Crippen LogP contribution >= 0.6 is 0 Å². The number of nitrogens with one attached hydrogen (secondary N) is 1. The van der Waals surface area contributed by atoms with Crippen molar-refractivity contribution in [2.75, 3.05) is 18.0 Å². The van der Waals surface area contributed by atoms with Crippen LogP contribution in [-0.2, 0) is 0 Å². The summed E-state index contributed by atoms with van der Waals surface area (Å²) < 4.78 is 0. The molecule has 0 spiro atoms. The summed E-state index contributed by atoms with van der Waals surface area (Å²) in [5, 5.41) is 14.7. The van der Waals surface area contributed by atoms with Crippen LogP contribution in [0.5, 0.6) is 0 Å². The number of aryl methyl sites for hydroxylation is 1. The fraction of sp³-hybridized carbons (Fsp3) is 0.643. The molecular weight excluding hydrogens is 256 g/mol. The molecule has 2 heterocycles. The molecule has 1 aliphatic carbocycles. The molecule has 108 valence electrons. The monoisotopic (exact) mass is 276 g/mol. The van der Waals surface area contributed by atoms with E-state index in [9.17, 15) is 10.1 Å². The molecule has 1 aliphatic heterocycles. The number of hydrogen-bond donors (Lipinski definition) is 1. The summed E-state index contributed by atoms with van der Waals surface area (Å²) in [7, 11) is 0. The molecule has 1 saturated carbocycles. The average molecular weight is 276 g/mol. The van der Waals surface area contributed by atoms with Crippen LogP contribution in [0.1, 0.15) is 31.4 Å². The van der Waals surface area contributed by atoms with E-state index in [0.29, 0.717) is 17.9 Å². The van der Waals surface area contributed by atoms with E-state index in [4.69, 9.17) is 0 Å². The number of nitrogens with zero attached hydrogens (tertiary/aromatic N) is 3. The fourth-order valence-corrected chi connectivity index (χ4v) is 2.83. The van der Waals surface area contributed by atoms with Gasteiger partial charge >= 0.3 is 5.69 Å². The van der Waals surface area contributed by atoms with E-state index in [1.807, 2.05) is 6.92 Å². The molecule has 1 aromatic rings. The first-order chi connectivity index (χ1) is 9.65. The summed E-state index contributed by atoms with van der Waals surface area (Å²) in [5.74, 6) is 0.547. The lowest BCUT2D eigenvalue weighted by Gasteiger charge is -2.26. The van der Waals surface area contributed by atoms with Crippen molar-refractivity contribution in [2.45, 2.75) is 44.7 Å². The first kappa shape index (κ1) is 13.3. The van der Waals surface area contributed by atoms with Crippen LogP contribution in [0.15, 0.2) is 12.1 Å². The summed E-state index contributed by atoms with van der Waals surface area (Å²) in [5.41, 5.74) is 0.955. The maximum Gasteiger partial charge on any atom is 0.311 e. The first-order valence-corrected chi connectivity index (χ1v) is 7.27. The predicted molar refractivity (Wildman–Crippen MR) is 77.0 cm³/mol. The van der Waals surface area contributed by atoms with Gasteiger partial charge in [-0.15, -0.1) is 0 Å². The second kappa shape index (κ2) is 5.36. The summed E-state index contributed by atoms with van der Waals surface area (Å²) in [6, 6.07) is 4.14. The quantitative estimate of drug-likeness (QED) is 0.658. The Bertz CT molecular complexity index is 510. The van der Waals surface area contributed by atoms with Crippen molar-refractivity contribution < 1.29 is 4.92 Å². The predicted octanol–water partition coefficient (Wildman–Crippen LogP) is 2.02. The molecule has 1 saturated heterocycles. The molecule has 0 radical (unpaired) electrons. The lowest BCUT2D eigenvalue weighted by molar-refractivity contribution is -0.384. The molecule has 3 rings (SSSR count). The maximum absolute atomic E-state index is 11.2. The number of rotatable bonds is 5. The Kier molecular flexibility index (Phi) is 3.56. The molecule has 1 unspecified atom stereocenters. The minimum absolute atomic E-state index is 0.125. The zero-order valence-corrected chi connectivity index (χ0v) is 11.7. The average Bonchev–Trinajstić information content (AvgIpc) is 3.12. The molecule has 2 aliphatic rings. The lowest BCUT2D eigenvalue weighted by atomic mass is 10.2. The largest absolute Gasteiger partial charge is 0.346 e. The van der Waals surface area contributed by atoms with Crippen molar-refractivity contribution in [3.8, 4) is 0 Å². The van der Waals surface area contributed by atoms with E-state index < -0.39 is 0 Å². The molecule has 6 heteroatoms. The van der Waals surface area contributed by atoms with Crippen LogP contribution in [-0.4, -0.2) is 35.1 Å². The Morgan fingerprint density at radius 3 is 2.85 bits per heavy atom. The van der Waals surface area contributed by atoms with Crippen molar-refractivity contribution in [1.82, 2.24) is 10.3 Å². The van der Waals surface area contributed by atoms with Gasteiger partial charge in [-0.2, -0.15) is 0 Å². The van der Waals surface area contributed by atoms with Gasteiger partial charge in [-0.3, -0.25) is 10.1 Å². The minimum atomic E-state index is -0.320. The molecule has 0 aromatic carbocycles. The summed E-state index contributed by atoms with van der Waals surface area (Å²) in [6.45, 7) is 3.75. The Labute approximate surface area is 118 Å². The van der Waals surface area contributed by atoms with Crippen LogP contribution in [0.3, 0.4) is 0 Å². The Balaban J connectivity index is 1.89. The maximum atomic E-state index is 11.2. The van der Waals surface area contributed by atoms with E-state index in [0.717, 1.165) is 38.0 Å². The summed E-state index contributed by atoms with van der Waals surface area (Å²) in [4.78, 5) is 17.5. The van der Waals surface area contributed by atoms with Gasteiger partial charge in [0, 0.05) is 30.4 Å². The molecular formula is C14H20N4O2. The third-order valence-electron chi connectivity index (χ3n) is 4.03. The van der Waals surface area contributed by atoms with Gasteiger partial charge in [0.15, 0.2) is 0 Å². The van der Waals surface area contributed by atoms with Crippen LogP contribution in [0.2, 0.25) is 0 Å². The first-order valence-electron chi connectivity index (χ1n) is 7.27. The number of hydrogen-bond acceptors (Lipinski definition) is 5. The number of aromatic nitrogens is 1. The Morgan fingerprint density at radius 2 is 2.25 bits per heavy atom. The highest BCUT2D eigenvalue weighted by Crippen LogP contribution is 2.36.